The molecule has 0 unspecified atom stereocenters. The summed E-state index contributed by atoms with van der Waals surface area (Å²) >= 11 is 0. The number of amides is 2. The number of urea groups is 1. The quantitative estimate of drug-likeness (QED) is 0.876. The lowest BCUT2D eigenvalue weighted by Gasteiger charge is -2.30. The van der Waals surface area contributed by atoms with E-state index in [0.717, 1.165) is 54.0 Å². The topological polar surface area (TPSA) is 58.1 Å². The number of likely N-dealkylation sites (tertiary alicyclic amines) is 1. The van der Waals surface area contributed by atoms with E-state index in [9.17, 15) is 4.79 Å². The summed E-state index contributed by atoms with van der Waals surface area (Å²) in [5, 5.41) is 2.97. The Morgan fingerprint density at radius 1 is 1.14 bits per heavy atom. The molecule has 2 heterocycles. The second-order valence-electron chi connectivity index (χ2n) is 6.20. The number of hydrogen-bond acceptors (Lipinski definition) is 3. The lowest BCUT2D eigenvalue weighted by Crippen LogP contribution is -2.40. The molecule has 0 atom stereocenters. The maximum Gasteiger partial charge on any atom is 0.321 e. The van der Waals surface area contributed by atoms with Crippen LogP contribution in [0.15, 0.2) is 18.2 Å². The fraction of sp³-hybridized carbons (Fsp3) is 0.471. The van der Waals surface area contributed by atoms with Gasteiger partial charge in [-0.05, 0) is 50.8 Å². The summed E-state index contributed by atoms with van der Waals surface area (Å²) in [6, 6.07) is 5.65. The summed E-state index contributed by atoms with van der Waals surface area (Å²) in [5.74, 6) is 0.714. The summed E-state index contributed by atoms with van der Waals surface area (Å²) in [6.07, 6.45) is 2.16. The van der Waals surface area contributed by atoms with Crippen molar-refractivity contribution in [3.63, 3.8) is 0 Å². The number of carbonyl (C=O) groups excluding carboxylic acids is 1. The van der Waals surface area contributed by atoms with Gasteiger partial charge in [-0.25, -0.2) is 14.8 Å². The second-order valence-corrected chi connectivity index (χ2v) is 6.20. The van der Waals surface area contributed by atoms with E-state index >= 15 is 0 Å². The molecule has 0 bridgehead atoms. The molecule has 5 nitrogen and oxygen atoms in total. The van der Waals surface area contributed by atoms with Gasteiger partial charge in [0, 0.05) is 18.8 Å². The van der Waals surface area contributed by atoms with Crippen molar-refractivity contribution in [3.8, 4) is 0 Å². The fourth-order valence-corrected chi connectivity index (χ4v) is 2.72. The van der Waals surface area contributed by atoms with E-state index < -0.39 is 0 Å². The molecule has 5 heteroatoms. The summed E-state index contributed by atoms with van der Waals surface area (Å²) in [6.45, 7) is 7.80. The highest BCUT2D eigenvalue weighted by Crippen LogP contribution is 2.20. The van der Waals surface area contributed by atoms with Gasteiger partial charge in [0.2, 0.25) is 0 Å². The number of fused-ring (bicyclic) bond motifs is 1. The van der Waals surface area contributed by atoms with Gasteiger partial charge in [0.1, 0.15) is 0 Å². The van der Waals surface area contributed by atoms with Gasteiger partial charge in [-0.15, -0.1) is 0 Å². The number of piperidine rings is 1. The van der Waals surface area contributed by atoms with Crippen molar-refractivity contribution in [3.05, 3.63) is 29.6 Å². The van der Waals surface area contributed by atoms with Crippen LogP contribution in [-0.4, -0.2) is 34.0 Å². The molecule has 22 heavy (non-hydrogen) atoms. The van der Waals surface area contributed by atoms with E-state index in [1.54, 1.807) is 0 Å². The SMILES string of the molecule is Cc1nc2ccc(NC(=O)N3CCC(C)CC3)cc2nc1C. The van der Waals surface area contributed by atoms with Crippen LogP contribution in [0.3, 0.4) is 0 Å². The van der Waals surface area contributed by atoms with E-state index in [4.69, 9.17) is 0 Å². The predicted octanol–water partition coefficient (Wildman–Crippen LogP) is 3.51. The van der Waals surface area contributed by atoms with Crippen LogP contribution in [0, 0.1) is 19.8 Å². The predicted molar refractivity (Wildman–Crippen MR) is 88.0 cm³/mol. The van der Waals surface area contributed by atoms with Gasteiger partial charge in [-0.2, -0.15) is 0 Å². The first-order chi connectivity index (χ1) is 10.5. The average Bonchev–Trinajstić information content (AvgIpc) is 2.49. The Morgan fingerprint density at radius 2 is 1.77 bits per heavy atom. The third kappa shape index (κ3) is 3.03. The third-order valence-corrected chi connectivity index (χ3v) is 4.40. The molecule has 0 saturated carbocycles. The van der Waals surface area contributed by atoms with Gasteiger partial charge in [0.25, 0.3) is 0 Å². The van der Waals surface area contributed by atoms with Crippen molar-refractivity contribution in [2.24, 2.45) is 5.92 Å². The van der Waals surface area contributed by atoms with E-state index in [1.165, 1.54) is 0 Å². The largest absolute Gasteiger partial charge is 0.325 e. The van der Waals surface area contributed by atoms with Crippen molar-refractivity contribution in [2.45, 2.75) is 33.6 Å². The van der Waals surface area contributed by atoms with Crippen LogP contribution < -0.4 is 5.32 Å². The maximum atomic E-state index is 12.3. The highest BCUT2D eigenvalue weighted by Gasteiger charge is 2.20. The number of hydrogen-bond donors (Lipinski definition) is 1. The maximum absolute atomic E-state index is 12.3. The lowest BCUT2D eigenvalue weighted by atomic mass is 10.00. The molecule has 3 rings (SSSR count). The Bertz CT molecular complexity index is 705. The molecular formula is C17H22N4O. The first-order valence-electron chi connectivity index (χ1n) is 7.84. The average molecular weight is 298 g/mol. The molecule has 0 spiro atoms. The standard InChI is InChI=1S/C17H22N4O/c1-11-6-8-21(9-7-11)17(22)20-14-4-5-15-16(10-14)19-13(3)12(2)18-15/h4-5,10-11H,6-9H2,1-3H3,(H,20,22). The zero-order valence-corrected chi connectivity index (χ0v) is 13.4. The van der Waals surface area contributed by atoms with Gasteiger partial charge >= 0.3 is 6.03 Å². The highest BCUT2D eigenvalue weighted by molar-refractivity contribution is 5.91. The van der Waals surface area contributed by atoms with Crippen molar-refractivity contribution in [1.82, 2.24) is 14.9 Å². The molecule has 1 aliphatic rings. The lowest BCUT2D eigenvalue weighted by molar-refractivity contribution is 0.186. The van der Waals surface area contributed by atoms with Crippen LogP contribution in [0.2, 0.25) is 0 Å². The van der Waals surface area contributed by atoms with Crippen molar-refractivity contribution in [1.29, 1.82) is 0 Å². The summed E-state index contributed by atoms with van der Waals surface area (Å²) < 4.78 is 0. The number of nitrogens with zero attached hydrogens (tertiary/aromatic N) is 3. The molecule has 1 N–H and O–H groups in total. The minimum Gasteiger partial charge on any atom is -0.325 e. The first kappa shape index (κ1) is 14.8. The normalized spacial score (nSPS) is 16.0. The van der Waals surface area contributed by atoms with Gasteiger partial charge in [0.05, 0.1) is 22.4 Å². The van der Waals surface area contributed by atoms with Crippen molar-refractivity contribution in [2.75, 3.05) is 18.4 Å². The van der Waals surface area contributed by atoms with E-state index in [1.807, 2.05) is 36.9 Å². The van der Waals surface area contributed by atoms with E-state index in [0.29, 0.717) is 5.92 Å². The minimum absolute atomic E-state index is 0.0250. The molecule has 0 radical (unpaired) electrons. The number of nitrogens with one attached hydrogen (secondary N) is 1. The van der Waals surface area contributed by atoms with Crippen molar-refractivity contribution >= 4 is 22.8 Å². The molecule has 2 aromatic rings. The Labute approximate surface area is 130 Å². The zero-order chi connectivity index (χ0) is 15.7. The van der Waals surface area contributed by atoms with Crippen LogP contribution in [0.5, 0.6) is 0 Å². The molecule has 1 aromatic heterocycles. The minimum atomic E-state index is -0.0250. The Morgan fingerprint density at radius 3 is 2.45 bits per heavy atom. The fourth-order valence-electron chi connectivity index (χ4n) is 2.72. The highest BCUT2D eigenvalue weighted by atomic mass is 16.2. The molecule has 1 fully saturated rings. The number of anilines is 1. The van der Waals surface area contributed by atoms with Crippen molar-refractivity contribution < 1.29 is 4.79 Å². The van der Waals surface area contributed by atoms with Crippen LogP contribution in [0.25, 0.3) is 11.0 Å². The Kier molecular flexibility index (Phi) is 3.96. The number of aryl methyl sites for hydroxylation is 2. The smallest absolute Gasteiger partial charge is 0.321 e. The van der Waals surface area contributed by atoms with Crippen LogP contribution in [-0.2, 0) is 0 Å². The summed E-state index contributed by atoms with van der Waals surface area (Å²) in [5.41, 5.74) is 4.29. The van der Waals surface area contributed by atoms with Gasteiger partial charge in [-0.1, -0.05) is 6.92 Å². The summed E-state index contributed by atoms with van der Waals surface area (Å²) in [4.78, 5) is 23.2. The van der Waals surface area contributed by atoms with Crippen LogP contribution in [0.4, 0.5) is 10.5 Å². The molecule has 1 aromatic carbocycles. The number of benzene rings is 1. The van der Waals surface area contributed by atoms with Gasteiger partial charge < -0.3 is 10.2 Å². The second kappa shape index (κ2) is 5.91. The van der Waals surface area contributed by atoms with Gasteiger partial charge in [0.15, 0.2) is 0 Å². The molecule has 116 valence electrons. The first-order valence-corrected chi connectivity index (χ1v) is 7.84. The number of rotatable bonds is 1. The molecule has 1 aliphatic heterocycles. The van der Waals surface area contributed by atoms with Crippen LogP contribution in [0.1, 0.15) is 31.2 Å². The van der Waals surface area contributed by atoms with Crippen LogP contribution >= 0.6 is 0 Å². The zero-order valence-electron chi connectivity index (χ0n) is 13.4. The molecule has 1 saturated heterocycles. The van der Waals surface area contributed by atoms with Gasteiger partial charge in [-0.3, -0.25) is 0 Å². The van der Waals surface area contributed by atoms with E-state index in [2.05, 4.69) is 22.2 Å². The molecular weight excluding hydrogens is 276 g/mol. The monoisotopic (exact) mass is 298 g/mol. The number of carbonyl (C=O) groups is 1. The number of aromatic nitrogens is 2. The molecule has 2 amide bonds. The third-order valence-electron chi connectivity index (χ3n) is 4.40. The Hall–Kier alpha value is -2.17. The Balaban J connectivity index is 1.76. The van der Waals surface area contributed by atoms with E-state index in [-0.39, 0.29) is 6.03 Å². The molecule has 0 aliphatic carbocycles. The summed E-state index contributed by atoms with van der Waals surface area (Å²) in [7, 11) is 0.